The van der Waals surface area contributed by atoms with Gasteiger partial charge in [0, 0.05) is 30.6 Å². The van der Waals surface area contributed by atoms with Crippen LogP contribution in [-0.4, -0.2) is 12.1 Å². The minimum Gasteiger partial charge on any atom is -0.494 e. The summed E-state index contributed by atoms with van der Waals surface area (Å²) in [6.45, 7) is 1.99. The Bertz CT molecular complexity index is 560. The molecule has 1 aromatic heterocycles. The highest BCUT2D eigenvalue weighted by atomic mass is 19.1. The Morgan fingerprint density at radius 2 is 2.00 bits per heavy atom. The van der Waals surface area contributed by atoms with Crippen molar-refractivity contribution in [2.75, 3.05) is 18.2 Å². The summed E-state index contributed by atoms with van der Waals surface area (Å²) < 4.78 is 18.4. The second-order valence-corrected chi connectivity index (χ2v) is 4.22. The van der Waals surface area contributed by atoms with Gasteiger partial charge in [-0.2, -0.15) is 0 Å². The molecule has 0 aliphatic carbocycles. The van der Waals surface area contributed by atoms with Crippen molar-refractivity contribution in [2.45, 2.75) is 13.0 Å². The summed E-state index contributed by atoms with van der Waals surface area (Å²) in [4.78, 5) is 3.97. The molecule has 1 atom stereocenters. The first-order valence-corrected chi connectivity index (χ1v) is 5.91. The number of nitrogen functional groups attached to an aromatic ring is 1. The Balaban J connectivity index is 2.24. The predicted octanol–water partition coefficient (Wildman–Crippen LogP) is 2.98. The average molecular weight is 261 g/mol. The zero-order valence-electron chi connectivity index (χ0n) is 10.9. The molecule has 4 nitrogen and oxygen atoms in total. The first-order chi connectivity index (χ1) is 9.11. The molecule has 0 saturated carbocycles. The van der Waals surface area contributed by atoms with Gasteiger partial charge < -0.3 is 15.8 Å². The Morgan fingerprint density at radius 3 is 2.63 bits per heavy atom. The molecule has 0 aliphatic rings. The van der Waals surface area contributed by atoms with Gasteiger partial charge in [0.05, 0.1) is 18.5 Å². The van der Waals surface area contributed by atoms with Crippen molar-refractivity contribution in [2.24, 2.45) is 0 Å². The Morgan fingerprint density at radius 1 is 1.32 bits per heavy atom. The number of rotatable bonds is 4. The molecular weight excluding hydrogens is 245 g/mol. The normalized spacial score (nSPS) is 11.9. The van der Waals surface area contributed by atoms with Gasteiger partial charge in [-0.05, 0) is 24.6 Å². The fraction of sp³-hybridized carbons (Fsp3) is 0.214. The highest BCUT2D eigenvalue weighted by Gasteiger charge is 2.11. The van der Waals surface area contributed by atoms with Crippen LogP contribution in [0, 0.1) is 5.82 Å². The van der Waals surface area contributed by atoms with Crippen LogP contribution in [0.5, 0.6) is 5.75 Å². The summed E-state index contributed by atoms with van der Waals surface area (Å²) in [5.74, 6) is -0.305. The van der Waals surface area contributed by atoms with Crippen LogP contribution >= 0.6 is 0 Å². The third-order valence-electron chi connectivity index (χ3n) is 2.90. The quantitative estimate of drug-likeness (QED) is 0.831. The molecule has 0 radical (unpaired) electrons. The van der Waals surface area contributed by atoms with E-state index in [0.29, 0.717) is 11.4 Å². The van der Waals surface area contributed by atoms with Crippen molar-refractivity contribution in [1.82, 2.24) is 4.98 Å². The molecule has 1 aromatic carbocycles. The molecular formula is C14H16FN3O. The van der Waals surface area contributed by atoms with Crippen LogP contribution in [0.4, 0.5) is 15.8 Å². The van der Waals surface area contributed by atoms with E-state index < -0.39 is 5.82 Å². The molecule has 0 saturated heterocycles. The largest absolute Gasteiger partial charge is 0.494 e. The minimum absolute atomic E-state index is 0.0282. The second kappa shape index (κ2) is 5.56. The first kappa shape index (κ1) is 13.1. The summed E-state index contributed by atoms with van der Waals surface area (Å²) in [6, 6.07) is 6.66. The monoisotopic (exact) mass is 261 g/mol. The maximum absolute atomic E-state index is 13.5. The van der Waals surface area contributed by atoms with E-state index in [-0.39, 0.29) is 11.8 Å². The van der Waals surface area contributed by atoms with Crippen molar-refractivity contribution in [3.05, 3.63) is 48.0 Å². The standard InChI is InChI=1S/C14H16FN3O/c1-9(10-3-5-17-6-4-10)18-13-8-14(19-2)11(15)7-12(13)16/h3-9,18H,16H2,1-2H3. The van der Waals surface area contributed by atoms with E-state index in [0.717, 1.165) is 5.56 Å². The number of methoxy groups -OCH3 is 1. The smallest absolute Gasteiger partial charge is 0.167 e. The van der Waals surface area contributed by atoms with E-state index >= 15 is 0 Å². The van der Waals surface area contributed by atoms with E-state index in [1.807, 2.05) is 19.1 Å². The molecule has 1 unspecified atom stereocenters. The third kappa shape index (κ3) is 2.93. The van der Waals surface area contributed by atoms with Gasteiger partial charge in [-0.25, -0.2) is 4.39 Å². The molecule has 2 rings (SSSR count). The van der Waals surface area contributed by atoms with Gasteiger partial charge >= 0.3 is 0 Å². The molecule has 5 heteroatoms. The van der Waals surface area contributed by atoms with Crippen LogP contribution < -0.4 is 15.8 Å². The molecule has 100 valence electrons. The number of halogens is 1. The van der Waals surface area contributed by atoms with E-state index in [4.69, 9.17) is 10.5 Å². The first-order valence-electron chi connectivity index (χ1n) is 5.91. The number of nitrogens with one attached hydrogen (secondary N) is 1. The van der Waals surface area contributed by atoms with Crippen molar-refractivity contribution < 1.29 is 9.13 Å². The maximum Gasteiger partial charge on any atom is 0.167 e. The van der Waals surface area contributed by atoms with Gasteiger partial charge in [0.15, 0.2) is 11.6 Å². The molecule has 1 heterocycles. The van der Waals surface area contributed by atoms with E-state index in [1.165, 1.54) is 13.2 Å². The Labute approximate surface area is 111 Å². The van der Waals surface area contributed by atoms with Crippen molar-refractivity contribution in [3.8, 4) is 5.75 Å². The molecule has 19 heavy (non-hydrogen) atoms. The highest BCUT2D eigenvalue weighted by molar-refractivity contribution is 5.69. The number of aromatic nitrogens is 1. The summed E-state index contributed by atoms with van der Waals surface area (Å²) in [7, 11) is 1.42. The van der Waals surface area contributed by atoms with Crippen LogP contribution in [0.2, 0.25) is 0 Å². The SMILES string of the molecule is COc1cc(NC(C)c2ccncc2)c(N)cc1F. The third-order valence-corrected chi connectivity index (χ3v) is 2.90. The average Bonchev–Trinajstić information content (AvgIpc) is 2.42. The zero-order chi connectivity index (χ0) is 13.8. The van der Waals surface area contributed by atoms with E-state index in [1.54, 1.807) is 18.5 Å². The minimum atomic E-state index is -0.470. The molecule has 0 fully saturated rings. The van der Waals surface area contributed by atoms with Gasteiger partial charge in [0.2, 0.25) is 0 Å². The molecule has 0 amide bonds. The zero-order valence-corrected chi connectivity index (χ0v) is 10.9. The number of pyridine rings is 1. The molecule has 0 aliphatic heterocycles. The number of nitrogens with zero attached hydrogens (tertiary/aromatic N) is 1. The molecule has 2 aromatic rings. The van der Waals surface area contributed by atoms with Crippen molar-refractivity contribution >= 4 is 11.4 Å². The van der Waals surface area contributed by atoms with Crippen LogP contribution in [0.25, 0.3) is 0 Å². The predicted molar refractivity (Wildman–Crippen MR) is 73.6 cm³/mol. The van der Waals surface area contributed by atoms with Gasteiger partial charge in [-0.3, -0.25) is 4.98 Å². The lowest BCUT2D eigenvalue weighted by molar-refractivity contribution is 0.387. The Kier molecular flexibility index (Phi) is 3.85. The van der Waals surface area contributed by atoms with Crippen molar-refractivity contribution in [1.29, 1.82) is 0 Å². The van der Waals surface area contributed by atoms with Gasteiger partial charge in [-0.1, -0.05) is 0 Å². The summed E-state index contributed by atoms with van der Waals surface area (Å²) in [5, 5.41) is 3.23. The summed E-state index contributed by atoms with van der Waals surface area (Å²) in [5.41, 5.74) is 7.86. The summed E-state index contributed by atoms with van der Waals surface area (Å²) >= 11 is 0. The topological polar surface area (TPSA) is 60.2 Å². The van der Waals surface area contributed by atoms with Crippen LogP contribution in [0.15, 0.2) is 36.7 Å². The highest BCUT2D eigenvalue weighted by Crippen LogP contribution is 2.30. The Hall–Kier alpha value is -2.30. The molecule has 3 N–H and O–H groups in total. The van der Waals surface area contributed by atoms with Gasteiger partial charge in [0.25, 0.3) is 0 Å². The number of benzene rings is 1. The number of hydrogen-bond donors (Lipinski definition) is 2. The maximum atomic E-state index is 13.5. The fourth-order valence-electron chi connectivity index (χ4n) is 1.82. The number of nitrogens with two attached hydrogens (primary N) is 1. The fourth-order valence-corrected chi connectivity index (χ4v) is 1.82. The molecule has 0 spiro atoms. The van der Waals surface area contributed by atoms with E-state index in [9.17, 15) is 4.39 Å². The van der Waals surface area contributed by atoms with Crippen molar-refractivity contribution in [3.63, 3.8) is 0 Å². The summed E-state index contributed by atoms with van der Waals surface area (Å²) in [6.07, 6.45) is 3.45. The van der Waals surface area contributed by atoms with Crippen LogP contribution in [0.3, 0.4) is 0 Å². The number of hydrogen-bond acceptors (Lipinski definition) is 4. The lowest BCUT2D eigenvalue weighted by atomic mass is 10.1. The van der Waals surface area contributed by atoms with Crippen LogP contribution in [-0.2, 0) is 0 Å². The lowest BCUT2D eigenvalue weighted by Gasteiger charge is -2.18. The number of ether oxygens (including phenoxy) is 1. The molecule has 0 bridgehead atoms. The number of anilines is 2. The van der Waals surface area contributed by atoms with Gasteiger partial charge in [0.1, 0.15) is 0 Å². The van der Waals surface area contributed by atoms with Crippen LogP contribution in [0.1, 0.15) is 18.5 Å². The lowest BCUT2D eigenvalue weighted by Crippen LogP contribution is -2.09. The van der Waals surface area contributed by atoms with Gasteiger partial charge in [-0.15, -0.1) is 0 Å². The van der Waals surface area contributed by atoms with E-state index in [2.05, 4.69) is 10.3 Å². The second-order valence-electron chi connectivity index (χ2n) is 4.22.